The smallest absolute Gasteiger partial charge is 0.165 e. The van der Waals surface area contributed by atoms with E-state index in [9.17, 15) is 0 Å². The number of aromatic amines is 1. The maximum atomic E-state index is 5.44. The zero-order chi connectivity index (χ0) is 14.7. The summed E-state index contributed by atoms with van der Waals surface area (Å²) in [5.41, 5.74) is 3.04. The van der Waals surface area contributed by atoms with E-state index in [4.69, 9.17) is 9.47 Å². The van der Waals surface area contributed by atoms with Crippen LogP contribution in [-0.2, 0) is 6.54 Å². The highest BCUT2D eigenvalue weighted by atomic mass is 16.5. The molecule has 0 spiro atoms. The zero-order valence-electron chi connectivity index (χ0n) is 12.0. The molecule has 0 fully saturated rings. The summed E-state index contributed by atoms with van der Waals surface area (Å²) in [6.45, 7) is 0.637. The van der Waals surface area contributed by atoms with Crippen LogP contribution in [0.5, 0.6) is 11.5 Å². The van der Waals surface area contributed by atoms with E-state index in [1.165, 1.54) is 0 Å². The van der Waals surface area contributed by atoms with Gasteiger partial charge in [-0.3, -0.25) is 5.10 Å². The van der Waals surface area contributed by atoms with E-state index in [1.807, 2.05) is 42.6 Å². The van der Waals surface area contributed by atoms with Crippen LogP contribution in [0.15, 0.2) is 42.6 Å². The van der Waals surface area contributed by atoms with Crippen molar-refractivity contribution in [3.63, 3.8) is 0 Å². The van der Waals surface area contributed by atoms with Crippen molar-refractivity contribution in [2.45, 2.75) is 6.54 Å². The lowest BCUT2D eigenvalue weighted by atomic mass is 10.1. The van der Waals surface area contributed by atoms with Crippen LogP contribution in [0.4, 0.5) is 5.69 Å². The Labute approximate surface area is 122 Å². The van der Waals surface area contributed by atoms with Gasteiger partial charge in [0.25, 0.3) is 0 Å². The number of anilines is 1. The molecule has 3 rings (SSSR count). The van der Waals surface area contributed by atoms with E-state index >= 15 is 0 Å². The lowest BCUT2D eigenvalue weighted by Gasteiger charge is -2.14. The highest BCUT2D eigenvalue weighted by Gasteiger charge is 2.10. The predicted octanol–water partition coefficient (Wildman–Crippen LogP) is 3.19. The molecular formula is C16H17N3O2. The number of para-hydroxylation sites is 2. The van der Waals surface area contributed by atoms with E-state index in [0.29, 0.717) is 6.54 Å². The molecule has 0 bridgehead atoms. The summed E-state index contributed by atoms with van der Waals surface area (Å²) in [5, 5.41) is 11.6. The molecule has 2 aromatic carbocycles. The minimum atomic E-state index is 0.637. The molecule has 21 heavy (non-hydrogen) atoms. The van der Waals surface area contributed by atoms with E-state index < -0.39 is 0 Å². The topological polar surface area (TPSA) is 59.2 Å². The van der Waals surface area contributed by atoms with E-state index in [2.05, 4.69) is 15.5 Å². The van der Waals surface area contributed by atoms with Crippen molar-refractivity contribution in [3.8, 4) is 11.5 Å². The number of hydrogen-bond acceptors (Lipinski definition) is 4. The van der Waals surface area contributed by atoms with Crippen molar-refractivity contribution in [3.05, 3.63) is 48.2 Å². The van der Waals surface area contributed by atoms with Gasteiger partial charge in [-0.05, 0) is 12.1 Å². The standard InChI is InChI=1S/C16H17N3O2/c1-20-14-8-4-6-12(16(14)21-2)9-17-13-7-3-5-11-10-18-19-15(11)13/h3-8,10,17H,9H2,1-2H3,(H,18,19). The first-order chi connectivity index (χ1) is 10.3. The molecule has 5 heteroatoms. The van der Waals surface area contributed by atoms with Crippen molar-refractivity contribution in [2.24, 2.45) is 0 Å². The number of H-pyrrole nitrogens is 1. The summed E-state index contributed by atoms with van der Waals surface area (Å²) in [6.07, 6.45) is 1.81. The molecule has 0 aliphatic carbocycles. The molecule has 5 nitrogen and oxygen atoms in total. The average molecular weight is 283 g/mol. The highest BCUT2D eigenvalue weighted by Crippen LogP contribution is 2.31. The highest BCUT2D eigenvalue weighted by molar-refractivity contribution is 5.89. The monoisotopic (exact) mass is 283 g/mol. The number of aromatic nitrogens is 2. The Kier molecular flexibility index (Phi) is 3.64. The summed E-state index contributed by atoms with van der Waals surface area (Å²) >= 11 is 0. The van der Waals surface area contributed by atoms with Crippen LogP contribution in [0.1, 0.15) is 5.56 Å². The van der Waals surface area contributed by atoms with Gasteiger partial charge in [0.05, 0.1) is 31.6 Å². The second-order valence-corrected chi connectivity index (χ2v) is 4.65. The fraction of sp³-hybridized carbons (Fsp3) is 0.188. The summed E-state index contributed by atoms with van der Waals surface area (Å²) < 4.78 is 10.8. The van der Waals surface area contributed by atoms with Crippen LogP contribution in [0, 0.1) is 0 Å². The molecule has 108 valence electrons. The molecule has 1 heterocycles. The zero-order valence-corrected chi connectivity index (χ0v) is 12.0. The molecule has 0 aliphatic heterocycles. The molecule has 0 radical (unpaired) electrons. The van der Waals surface area contributed by atoms with Gasteiger partial charge in [-0.2, -0.15) is 5.10 Å². The SMILES string of the molecule is COc1cccc(CNc2cccc3cn[nH]c23)c1OC. The third-order valence-electron chi connectivity index (χ3n) is 3.43. The van der Waals surface area contributed by atoms with Crippen molar-refractivity contribution in [2.75, 3.05) is 19.5 Å². The Morgan fingerprint density at radius 3 is 2.76 bits per heavy atom. The lowest BCUT2D eigenvalue weighted by Crippen LogP contribution is -2.03. The van der Waals surface area contributed by atoms with Gasteiger partial charge in [0.1, 0.15) is 0 Å². The molecule has 0 atom stereocenters. The molecule has 0 saturated heterocycles. The number of fused-ring (bicyclic) bond motifs is 1. The Bertz CT molecular complexity index is 752. The van der Waals surface area contributed by atoms with Crippen LogP contribution >= 0.6 is 0 Å². The lowest BCUT2D eigenvalue weighted by molar-refractivity contribution is 0.352. The van der Waals surface area contributed by atoms with Crippen LogP contribution in [0.25, 0.3) is 10.9 Å². The fourth-order valence-corrected chi connectivity index (χ4v) is 2.40. The minimum absolute atomic E-state index is 0.637. The molecule has 0 saturated carbocycles. The van der Waals surface area contributed by atoms with Crippen LogP contribution in [0.3, 0.4) is 0 Å². The summed E-state index contributed by atoms with van der Waals surface area (Å²) in [4.78, 5) is 0. The van der Waals surface area contributed by atoms with E-state index in [0.717, 1.165) is 33.7 Å². The van der Waals surface area contributed by atoms with Gasteiger partial charge in [0, 0.05) is 17.5 Å². The Balaban J connectivity index is 1.86. The summed E-state index contributed by atoms with van der Waals surface area (Å²) in [6, 6.07) is 11.9. The third kappa shape index (κ3) is 2.50. The van der Waals surface area contributed by atoms with Gasteiger partial charge in [0.2, 0.25) is 0 Å². The Hall–Kier alpha value is -2.69. The predicted molar refractivity (Wildman–Crippen MR) is 83.0 cm³/mol. The quantitative estimate of drug-likeness (QED) is 0.755. The normalized spacial score (nSPS) is 10.6. The molecular weight excluding hydrogens is 266 g/mol. The first kappa shape index (κ1) is 13.3. The maximum absolute atomic E-state index is 5.44. The van der Waals surface area contributed by atoms with Gasteiger partial charge in [0.15, 0.2) is 11.5 Å². The van der Waals surface area contributed by atoms with Crippen molar-refractivity contribution in [1.29, 1.82) is 0 Å². The Morgan fingerprint density at radius 1 is 1.10 bits per heavy atom. The number of nitrogens with zero attached hydrogens (tertiary/aromatic N) is 1. The van der Waals surface area contributed by atoms with Gasteiger partial charge in [-0.1, -0.05) is 24.3 Å². The fourth-order valence-electron chi connectivity index (χ4n) is 2.40. The van der Waals surface area contributed by atoms with Crippen molar-refractivity contribution >= 4 is 16.6 Å². The van der Waals surface area contributed by atoms with Gasteiger partial charge in [-0.25, -0.2) is 0 Å². The first-order valence-electron chi connectivity index (χ1n) is 6.69. The Morgan fingerprint density at radius 2 is 1.95 bits per heavy atom. The molecule has 0 aliphatic rings. The van der Waals surface area contributed by atoms with Crippen molar-refractivity contribution < 1.29 is 9.47 Å². The molecule has 2 N–H and O–H groups in total. The van der Waals surface area contributed by atoms with Gasteiger partial charge >= 0.3 is 0 Å². The van der Waals surface area contributed by atoms with Crippen LogP contribution in [0.2, 0.25) is 0 Å². The number of ether oxygens (including phenoxy) is 2. The minimum Gasteiger partial charge on any atom is -0.493 e. The number of benzene rings is 2. The average Bonchev–Trinajstić information content (AvgIpc) is 3.01. The van der Waals surface area contributed by atoms with E-state index in [1.54, 1.807) is 14.2 Å². The van der Waals surface area contributed by atoms with E-state index in [-0.39, 0.29) is 0 Å². The maximum Gasteiger partial charge on any atom is 0.165 e. The van der Waals surface area contributed by atoms with Crippen LogP contribution in [-0.4, -0.2) is 24.4 Å². The van der Waals surface area contributed by atoms with Gasteiger partial charge < -0.3 is 14.8 Å². The summed E-state index contributed by atoms with van der Waals surface area (Å²) in [5.74, 6) is 1.49. The van der Waals surface area contributed by atoms with Crippen LogP contribution < -0.4 is 14.8 Å². The third-order valence-corrected chi connectivity index (χ3v) is 3.43. The number of methoxy groups -OCH3 is 2. The number of rotatable bonds is 5. The second kappa shape index (κ2) is 5.75. The molecule has 1 aromatic heterocycles. The van der Waals surface area contributed by atoms with Gasteiger partial charge in [-0.15, -0.1) is 0 Å². The number of hydrogen-bond donors (Lipinski definition) is 2. The largest absolute Gasteiger partial charge is 0.493 e. The summed E-state index contributed by atoms with van der Waals surface area (Å²) in [7, 11) is 3.29. The second-order valence-electron chi connectivity index (χ2n) is 4.65. The number of nitrogens with one attached hydrogen (secondary N) is 2. The molecule has 0 unspecified atom stereocenters. The first-order valence-corrected chi connectivity index (χ1v) is 6.69. The molecule has 3 aromatic rings. The molecule has 0 amide bonds. The van der Waals surface area contributed by atoms with Crippen molar-refractivity contribution in [1.82, 2.24) is 10.2 Å².